The van der Waals surface area contributed by atoms with Crippen molar-refractivity contribution < 1.29 is 23.1 Å². The highest BCUT2D eigenvalue weighted by Gasteiger charge is 2.27. The number of carboxylic acids is 1. The first-order chi connectivity index (χ1) is 8.85. The standard InChI is InChI=1S/C12H9F3N2O2/c13-12(14,15)6-7-1-3-8(4-2-7)9-5-10(11(18)19)17-16-9/h1-5H,6H2,(H,16,17)(H,18,19). The number of carbonyl (C=O) groups is 1. The van der Waals surface area contributed by atoms with Crippen LogP contribution in [0.3, 0.4) is 0 Å². The number of hydrogen-bond acceptors (Lipinski definition) is 2. The van der Waals surface area contributed by atoms with Crippen LogP contribution in [0, 0.1) is 0 Å². The zero-order valence-electron chi connectivity index (χ0n) is 9.53. The molecule has 0 aliphatic heterocycles. The van der Waals surface area contributed by atoms with Gasteiger partial charge < -0.3 is 5.11 Å². The topological polar surface area (TPSA) is 66.0 Å². The molecule has 0 saturated heterocycles. The minimum atomic E-state index is -4.25. The average Bonchev–Trinajstić information content (AvgIpc) is 2.77. The Hall–Kier alpha value is -2.31. The molecule has 0 unspecified atom stereocenters. The van der Waals surface area contributed by atoms with Crippen molar-refractivity contribution in [1.82, 2.24) is 10.2 Å². The van der Waals surface area contributed by atoms with E-state index in [4.69, 9.17) is 5.11 Å². The van der Waals surface area contributed by atoms with Crippen molar-refractivity contribution >= 4 is 5.97 Å². The normalized spacial score (nSPS) is 11.5. The van der Waals surface area contributed by atoms with Gasteiger partial charge in [-0.05, 0) is 11.6 Å². The Balaban J connectivity index is 2.20. The number of benzene rings is 1. The molecule has 1 aromatic heterocycles. The van der Waals surface area contributed by atoms with Gasteiger partial charge in [0.25, 0.3) is 0 Å². The van der Waals surface area contributed by atoms with Gasteiger partial charge in [0.15, 0.2) is 0 Å². The maximum Gasteiger partial charge on any atom is 0.393 e. The number of nitrogens with zero attached hydrogens (tertiary/aromatic N) is 1. The molecule has 4 nitrogen and oxygen atoms in total. The van der Waals surface area contributed by atoms with Crippen molar-refractivity contribution in [3.05, 3.63) is 41.6 Å². The number of aromatic nitrogens is 2. The predicted octanol–water partition coefficient (Wildman–Crippen LogP) is 2.88. The van der Waals surface area contributed by atoms with Crippen LogP contribution >= 0.6 is 0 Å². The predicted molar refractivity (Wildman–Crippen MR) is 60.7 cm³/mol. The summed E-state index contributed by atoms with van der Waals surface area (Å²) in [6.07, 6.45) is -5.24. The van der Waals surface area contributed by atoms with E-state index in [0.717, 1.165) is 0 Å². The molecule has 0 aliphatic carbocycles. The van der Waals surface area contributed by atoms with E-state index in [0.29, 0.717) is 11.3 Å². The molecule has 0 saturated carbocycles. The summed E-state index contributed by atoms with van der Waals surface area (Å²) in [6, 6.07) is 6.96. The Labute approximate surface area is 105 Å². The Kier molecular flexibility index (Phi) is 3.28. The van der Waals surface area contributed by atoms with Crippen molar-refractivity contribution in [2.45, 2.75) is 12.6 Å². The van der Waals surface area contributed by atoms with Gasteiger partial charge in [-0.2, -0.15) is 18.3 Å². The highest BCUT2D eigenvalue weighted by atomic mass is 19.4. The number of nitrogens with one attached hydrogen (secondary N) is 1. The molecule has 0 atom stereocenters. The van der Waals surface area contributed by atoms with Crippen LogP contribution < -0.4 is 0 Å². The monoisotopic (exact) mass is 270 g/mol. The van der Waals surface area contributed by atoms with E-state index in [1.807, 2.05) is 0 Å². The lowest BCUT2D eigenvalue weighted by Gasteiger charge is -2.06. The summed E-state index contributed by atoms with van der Waals surface area (Å²) in [6.45, 7) is 0. The number of aromatic amines is 1. The summed E-state index contributed by atoms with van der Waals surface area (Å²) >= 11 is 0. The molecule has 1 aromatic carbocycles. The van der Waals surface area contributed by atoms with Gasteiger partial charge in [0.1, 0.15) is 5.69 Å². The fraction of sp³-hybridized carbons (Fsp3) is 0.167. The zero-order valence-corrected chi connectivity index (χ0v) is 9.53. The number of halogens is 3. The van der Waals surface area contributed by atoms with E-state index < -0.39 is 18.6 Å². The highest BCUT2D eigenvalue weighted by molar-refractivity contribution is 5.86. The van der Waals surface area contributed by atoms with E-state index in [2.05, 4.69) is 10.2 Å². The van der Waals surface area contributed by atoms with Crippen molar-refractivity contribution in [1.29, 1.82) is 0 Å². The van der Waals surface area contributed by atoms with Crippen LogP contribution in [0.25, 0.3) is 11.3 Å². The maximum absolute atomic E-state index is 12.2. The van der Waals surface area contributed by atoms with Gasteiger partial charge in [-0.1, -0.05) is 24.3 Å². The molecule has 0 bridgehead atoms. The zero-order chi connectivity index (χ0) is 14.0. The number of alkyl halides is 3. The first-order valence-electron chi connectivity index (χ1n) is 5.30. The van der Waals surface area contributed by atoms with E-state index in [9.17, 15) is 18.0 Å². The molecule has 0 aliphatic rings. The van der Waals surface area contributed by atoms with Gasteiger partial charge >= 0.3 is 12.1 Å². The second-order valence-electron chi connectivity index (χ2n) is 3.96. The molecule has 0 spiro atoms. The number of carboxylic acid groups (broad SMARTS) is 1. The van der Waals surface area contributed by atoms with Gasteiger partial charge in [0.2, 0.25) is 0 Å². The first-order valence-corrected chi connectivity index (χ1v) is 5.30. The number of aromatic carboxylic acids is 1. The van der Waals surface area contributed by atoms with Crippen LogP contribution in [0.1, 0.15) is 16.1 Å². The number of hydrogen-bond donors (Lipinski definition) is 2. The second kappa shape index (κ2) is 4.75. The Morgan fingerprint density at radius 1 is 1.26 bits per heavy atom. The van der Waals surface area contributed by atoms with Gasteiger partial charge in [0, 0.05) is 5.56 Å². The van der Waals surface area contributed by atoms with Crippen LogP contribution in [0.5, 0.6) is 0 Å². The molecular weight excluding hydrogens is 261 g/mol. The minimum absolute atomic E-state index is 0.0747. The summed E-state index contributed by atoms with van der Waals surface area (Å²) in [4.78, 5) is 10.7. The summed E-state index contributed by atoms with van der Waals surface area (Å²) < 4.78 is 36.5. The summed E-state index contributed by atoms with van der Waals surface area (Å²) in [5.41, 5.74) is 0.991. The molecule has 19 heavy (non-hydrogen) atoms. The summed E-state index contributed by atoms with van der Waals surface area (Å²) in [5, 5.41) is 14.8. The van der Waals surface area contributed by atoms with Crippen molar-refractivity contribution in [3.8, 4) is 11.3 Å². The van der Waals surface area contributed by atoms with E-state index in [-0.39, 0.29) is 11.3 Å². The third kappa shape index (κ3) is 3.34. The van der Waals surface area contributed by atoms with Crippen LogP contribution in [0.15, 0.2) is 30.3 Å². The highest BCUT2D eigenvalue weighted by Crippen LogP contribution is 2.23. The third-order valence-corrected chi connectivity index (χ3v) is 2.46. The molecule has 100 valence electrons. The van der Waals surface area contributed by atoms with Crippen LogP contribution in [-0.2, 0) is 6.42 Å². The average molecular weight is 270 g/mol. The van der Waals surface area contributed by atoms with Gasteiger partial charge in [-0.15, -0.1) is 0 Å². The largest absolute Gasteiger partial charge is 0.477 e. The van der Waals surface area contributed by atoms with Crippen molar-refractivity contribution in [2.24, 2.45) is 0 Å². The van der Waals surface area contributed by atoms with Gasteiger partial charge in [0.05, 0.1) is 12.1 Å². The Morgan fingerprint density at radius 2 is 1.89 bits per heavy atom. The Morgan fingerprint density at radius 3 is 2.37 bits per heavy atom. The molecule has 0 fully saturated rings. The fourth-order valence-corrected chi connectivity index (χ4v) is 1.60. The van der Waals surface area contributed by atoms with Crippen molar-refractivity contribution in [2.75, 3.05) is 0 Å². The lowest BCUT2D eigenvalue weighted by Crippen LogP contribution is -2.11. The van der Waals surface area contributed by atoms with Crippen LogP contribution in [-0.4, -0.2) is 27.4 Å². The quantitative estimate of drug-likeness (QED) is 0.901. The molecule has 0 amide bonds. The first kappa shape index (κ1) is 13.1. The van der Waals surface area contributed by atoms with Crippen LogP contribution in [0.4, 0.5) is 13.2 Å². The molecule has 1 heterocycles. The molecule has 2 N–H and O–H groups in total. The van der Waals surface area contributed by atoms with Gasteiger partial charge in [-0.3, -0.25) is 5.10 Å². The minimum Gasteiger partial charge on any atom is -0.477 e. The summed E-state index contributed by atoms with van der Waals surface area (Å²) in [5.74, 6) is -1.15. The fourth-order valence-electron chi connectivity index (χ4n) is 1.60. The smallest absolute Gasteiger partial charge is 0.393 e. The second-order valence-corrected chi connectivity index (χ2v) is 3.96. The van der Waals surface area contributed by atoms with Gasteiger partial charge in [-0.25, -0.2) is 4.79 Å². The maximum atomic E-state index is 12.2. The molecule has 0 radical (unpaired) electrons. The van der Waals surface area contributed by atoms with E-state index in [1.54, 1.807) is 0 Å². The molecule has 2 rings (SSSR count). The summed E-state index contributed by atoms with van der Waals surface area (Å²) in [7, 11) is 0. The number of rotatable bonds is 3. The van der Waals surface area contributed by atoms with E-state index >= 15 is 0 Å². The Bertz CT molecular complexity index is 588. The number of H-pyrrole nitrogens is 1. The molecule has 7 heteroatoms. The van der Waals surface area contributed by atoms with E-state index in [1.165, 1.54) is 30.3 Å². The SMILES string of the molecule is O=C(O)c1cc(-c2ccc(CC(F)(F)F)cc2)n[nH]1. The molecule has 2 aromatic rings. The molecular formula is C12H9F3N2O2. The van der Waals surface area contributed by atoms with Crippen LogP contribution in [0.2, 0.25) is 0 Å². The third-order valence-electron chi connectivity index (χ3n) is 2.46. The lowest BCUT2D eigenvalue weighted by atomic mass is 10.1. The lowest BCUT2D eigenvalue weighted by molar-refractivity contribution is -0.127. The van der Waals surface area contributed by atoms with Crippen molar-refractivity contribution in [3.63, 3.8) is 0 Å².